The van der Waals surface area contributed by atoms with Gasteiger partial charge >= 0.3 is 0 Å². The predicted molar refractivity (Wildman–Crippen MR) is 113 cm³/mol. The van der Waals surface area contributed by atoms with Gasteiger partial charge in [-0.1, -0.05) is 12.1 Å². The summed E-state index contributed by atoms with van der Waals surface area (Å²) in [6.07, 6.45) is 1.29. The van der Waals surface area contributed by atoms with Crippen molar-refractivity contribution < 1.29 is 23.2 Å². The fraction of sp³-hybridized carbons (Fsp3) is 0.318. The standard InChI is InChI=1S/C22H24F2N4O3/c23-15-5-6-16(17(24)13-15)22(31)26-10-7-20(29)27-18-3-1-2-4-19(18)28-11-8-14(9-12-28)21(25)30/h1-6,13-14H,7-12H2,(H2,25,30)(H,26,31)(H,27,29). The molecule has 1 fully saturated rings. The van der Waals surface area contributed by atoms with Crippen LogP contribution in [0.25, 0.3) is 0 Å². The second-order valence-corrected chi connectivity index (χ2v) is 7.36. The lowest BCUT2D eigenvalue weighted by Crippen LogP contribution is -2.39. The summed E-state index contributed by atoms with van der Waals surface area (Å²) >= 11 is 0. The molecule has 0 bridgehead atoms. The Kier molecular flexibility index (Phi) is 7.17. The van der Waals surface area contributed by atoms with Crippen molar-refractivity contribution in [2.75, 3.05) is 29.9 Å². The minimum absolute atomic E-state index is 0.00629. The molecule has 0 unspecified atom stereocenters. The summed E-state index contributed by atoms with van der Waals surface area (Å²) in [5.74, 6) is -3.19. The van der Waals surface area contributed by atoms with Gasteiger partial charge in [-0.2, -0.15) is 0 Å². The Morgan fingerprint density at radius 2 is 1.77 bits per heavy atom. The number of hydrogen-bond donors (Lipinski definition) is 3. The largest absolute Gasteiger partial charge is 0.370 e. The molecule has 7 nitrogen and oxygen atoms in total. The smallest absolute Gasteiger partial charge is 0.254 e. The number of benzene rings is 2. The third-order valence-corrected chi connectivity index (χ3v) is 5.23. The Bertz CT molecular complexity index is 975. The normalized spacial score (nSPS) is 14.2. The van der Waals surface area contributed by atoms with Gasteiger partial charge in [0.25, 0.3) is 5.91 Å². The summed E-state index contributed by atoms with van der Waals surface area (Å²) in [6.45, 7) is 1.30. The zero-order valence-electron chi connectivity index (χ0n) is 16.9. The number of rotatable bonds is 7. The van der Waals surface area contributed by atoms with Gasteiger partial charge in [-0.25, -0.2) is 8.78 Å². The van der Waals surface area contributed by atoms with Crippen molar-refractivity contribution in [3.8, 4) is 0 Å². The fourth-order valence-electron chi connectivity index (χ4n) is 3.53. The maximum atomic E-state index is 13.7. The molecule has 0 aliphatic carbocycles. The van der Waals surface area contributed by atoms with Crippen molar-refractivity contribution in [3.63, 3.8) is 0 Å². The number of amides is 3. The van der Waals surface area contributed by atoms with Gasteiger partial charge < -0.3 is 21.3 Å². The van der Waals surface area contributed by atoms with Crippen LogP contribution in [-0.2, 0) is 9.59 Å². The first-order valence-corrected chi connectivity index (χ1v) is 10.0. The summed E-state index contributed by atoms with van der Waals surface area (Å²) in [5, 5.41) is 5.28. The van der Waals surface area contributed by atoms with E-state index in [1.165, 1.54) is 0 Å². The molecule has 9 heteroatoms. The number of piperidine rings is 1. The number of nitrogens with one attached hydrogen (secondary N) is 2. The highest BCUT2D eigenvalue weighted by Gasteiger charge is 2.24. The van der Waals surface area contributed by atoms with Crippen molar-refractivity contribution in [2.24, 2.45) is 11.7 Å². The highest BCUT2D eigenvalue weighted by atomic mass is 19.1. The van der Waals surface area contributed by atoms with Crippen LogP contribution in [0.2, 0.25) is 0 Å². The van der Waals surface area contributed by atoms with Gasteiger partial charge in [-0.05, 0) is 37.1 Å². The van der Waals surface area contributed by atoms with E-state index in [0.717, 1.165) is 17.8 Å². The second kappa shape index (κ2) is 10.0. The lowest BCUT2D eigenvalue weighted by Gasteiger charge is -2.33. The molecule has 2 aromatic carbocycles. The van der Waals surface area contributed by atoms with Crippen LogP contribution >= 0.6 is 0 Å². The molecule has 0 aromatic heterocycles. The molecule has 0 saturated carbocycles. The second-order valence-electron chi connectivity index (χ2n) is 7.36. The van der Waals surface area contributed by atoms with Crippen molar-refractivity contribution in [3.05, 3.63) is 59.7 Å². The van der Waals surface area contributed by atoms with Gasteiger partial charge in [0.1, 0.15) is 11.6 Å². The third-order valence-electron chi connectivity index (χ3n) is 5.23. The Hall–Kier alpha value is -3.49. The molecule has 1 aliphatic heterocycles. The molecule has 0 radical (unpaired) electrons. The van der Waals surface area contributed by atoms with Crippen LogP contribution in [0, 0.1) is 17.6 Å². The summed E-state index contributed by atoms with van der Waals surface area (Å²) in [7, 11) is 0. The van der Waals surface area contributed by atoms with E-state index in [0.29, 0.717) is 37.7 Å². The zero-order valence-corrected chi connectivity index (χ0v) is 16.9. The van der Waals surface area contributed by atoms with Gasteiger partial charge in [-0.3, -0.25) is 14.4 Å². The van der Waals surface area contributed by atoms with Crippen LogP contribution in [0.3, 0.4) is 0 Å². The van der Waals surface area contributed by atoms with Crippen LogP contribution in [0.15, 0.2) is 42.5 Å². The number of halogens is 2. The van der Waals surface area contributed by atoms with Gasteiger partial charge in [0.05, 0.1) is 16.9 Å². The first kappa shape index (κ1) is 22.2. The maximum Gasteiger partial charge on any atom is 0.254 e. The maximum absolute atomic E-state index is 13.7. The van der Waals surface area contributed by atoms with Gasteiger partial charge in [0.15, 0.2) is 0 Å². The first-order chi connectivity index (χ1) is 14.8. The molecule has 1 aliphatic rings. The number of hydrogen-bond acceptors (Lipinski definition) is 4. The van der Waals surface area contributed by atoms with E-state index in [-0.39, 0.29) is 36.3 Å². The minimum Gasteiger partial charge on any atom is -0.370 e. The van der Waals surface area contributed by atoms with E-state index in [1.54, 1.807) is 12.1 Å². The molecule has 31 heavy (non-hydrogen) atoms. The zero-order chi connectivity index (χ0) is 22.4. The van der Waals surface area contributed by atoms with Crippen LogP contribution in [-0.4, -0.2) is 37.4 Å². The molecular formula is C22H24F2N4O3. The third kappa shape index (κ3) is 5.78. The summed E-state index contributed by atoms with van der Waals surface area (Å²) in [5.41, 5.74) is 6.57. The Labute approximate surface area is 178 Å². The Morgan fingerprint density at radius 1 is 1.06 bits per heavy atom. The SMILES string of the molecule is NC(=O)C1CCN(c2ccccc2NC(=O)CCNC(=O)c2ccc(F)cc2F)CC1. The first-order valence-electron chi connectivity index (χ1n) is 10.0. The predicted octanol–water partition coefficient (Wildman–Crippen LogP) is 2.43. The van der Waals surface area contributed by atoms with E-state index < -0.39 is 17.5 Å². The summed E-state index contributed by atoms with van der Waals surface area (Å²) in [6, 6.07) is 10.0. The van der Waals surface area contributed by atoms with E-state index in [2.05, 4.69) is 15.5 Å². The molecule has 1 heterocycles. The van der Waals surface area contributed by atoms with Crippen LogP contribution < -0.4 is 21.3 Å². The monoisotopic (exact) mass is 430 g/mol. The molecule has 3 rings (SSSR count). The molecule has 1 saturated heterocycles. The highest BCUT2D eigenvalue weighted by molar-refractivity contribution is 5.96. The lowest BCUT2D eigenvalue weighted by molar-refractivity contribution is -0.122. The molecule has 0 spiro atoms. The van der Waals surface area contributed by atoms with Crippen LogP contribution in [0.4, 0.5) is 20.2 Å². The molecule has 3 amide bonds. The topological polar surface area (TPSA) is 105 Å². The quantitative estimate of drug-likeness (QED) is 0.628. The number of nitrogens with two attached hydrogens (primary N) is 1. The van der Waals surface area contributed by atoms with Gasteiger partial charge in [0, 0.05) is 38.0 Å². The molecule has 4 N–H and O–H groups in total. The Balaban J connectivity index is 1.53. The van der Waals surface area contributed by atoms with E-state index in [4.69, 9.17) is 5.73 Å². The minimum atomic E-state index is -0.962. The lowest BCUT2D eigenvalue weighted by atomic mass is 9.96. The average molecular weight is 430 g/mol. The van der Waals surface area contributed by atoms with Crippen molar-refractivity contribution in [1.29, 1.82) is 0 Å². The Morgan fingerprint density at radius 3 is 2.45 bits per heavy atom. The molecule has 0 atom stereocenters. The average Bonchev–Trinajstić information content (AvgIpc) is 2.74. The molecule has 164 valence electrons. The van der Waals surface area contributed by atoms with Crippen molar-refractivity contribution >= 4 is 29.1 Å². The van der Waals surface area contributed by atoms with Crippen LogP contribution in [0.5, 0.6) is 0 Å². The number of carbonyl (C=O) groups excluding carboxylic acids is 3. The van der Waals surface area contributed by atoms with Gasteiger partial charge in [-0.15, -0.1) is 0 Å². The summed E-state index contributed by atoms with van der Waals surface area (Å²) < 4.78 is 26.6. The summed E-state index contributed by atoms with van der Waals surface area (Å²) in [4.78, 5) is 37.8. The van der Waals surface area contributed by atoms with Crippen molar-refractivity contribution in [2.45, 2.75) is 19.3 Å². The van der Waals surface area contributed by atoms with Gasteiger partial charge in [0.2, 0.25) is 11.8 Å². The number of anilines is 2. The molecular weight excluding hydrogens is 406 g/mol. The van der Waals surface area contributed by atoms with E-state index >= 15 is 0 Å². The van der Waals surface area contributed by atoms with E-state index in [1.807, 2.05) is 12.1 Å². The number of primary amides is 1. The van der Waals surface area contributed by atoms with Crippen molar-refractivity contribution in [1.82, 2.24) is 5.32 Å². The highest BCUT2D eigenvalue weighted by Crippen LogP contribution is 2.29. The molecule has 2 aromatic rings. The van der Waals surface area contributed by atoms with Crippen LogP contribution in [0.1, 0.15) is 29.6 Å². The number of para-hydroxylation sites is 2. The van der Waals surface area contributed by atoms with E-state index in [9.17, 15) is 23.2 Å². The fourth-order valence-corrected chi connectivity index (χ4v) is 3.53. The number of nitrogens with zero attached hydrogens (tertiary/aromatic N) is 1. The number of carbonyl (C=O) groups is 3.